The van der Waals surface area contributed by atoms with Gasteiger partial charge in [0.25, 0.3) is 0 Å². The van der Waals surface area contributed by atoms with Gasteiger partial charge in [0.15, 0.2) is 0 Å². The third-order valence-electron chi connectivity index (χ3n) is 3.05. The van der Waals surface area contributed by atoms with E-state index in [1.807, 2.05) is 13.0 Å². The lowest BCUT2D eigenvalue weighted by Crippen LogP contribution is -2.24. The first kappa shape index (κ1) is 13.3. The Kier molecular flexibility index (Phi) is 4.47. The smallest absolute Gasteiger partial charge is 0.0455 e. The maximum absolute atomic E-state index is 12.0. The first-order valence-corrected chi connectivity index (χ1v) is 7.77. The molecule has 0 bridgehead atoms. The summed E-state index contributed by atoms with van der Waals surface area (Å²) in [5.74, 6) is 0.598. The molecule has 1 aromatic rings. The fraction of sp³-hybridized carbons (Fsp3) is 0.500. The average molecular weight is 292 g/mol. The molecule has 94 valence electrons. The molecule has 1 aromatic carbocycles. The SMILES string of the molecule is CC1CCNC(c2cc(Cl)ccc2Cl)CS1=O. The van der Waals surface area contributed by atoms with E-state index in [1.165, 1.54) is 0 Å². The van der Waals surface area contributed by atoms with Crippen molar-refractivity contribution >= 4 is 34.0 Å². The van der Waals surface area contributed by atoms with Crippen LogP contribution in [0.25, 0.3) is 0 Å². The lowest BCUT2D eigenvalue weighted by molar-refractivity contribution is 0.578. The maximum Gasteiger partial charge on any atom is 0.0455 e. The summed E-state index contributed by atoms with van der Waals surface area (Å²) in [5, 5.41) is 4.97. The van der Waals surface area contributed by atoms with Crippen LogP contribution in [0.4, 0.5) is 0 Å². The third kappa shape index (κ3) is 3.22. The van der Waals surface area contributed by atoms with E-state index in [1.54, 1.807) is 12.1 Å². The van der Waals surface area contributed by atoms with Crippen LogP contribution in [0.2, 0.25) is 10.0 Å². The van der Waals surface area contributed by atoms with Crippen LogP contribution < -0.4 is 5.32 Å². The second-order valence-electron chi connectivity index (χ2n) is 4.32. The zero-order valence-electron chi connectivity index (χ0n) is 9.58. The van der Waals surface area contributed by atoms with Gasteiger partial charge in [-0.3, -0.25) is 4.21 Å². The van der Waals surface area contributed by atoms with Crippen molar-refractivity contribution < 1.29 is 4.21 Å². The molecule has 0 saturated carbocycles. The predicted molar refractivity (Wildman–Crippen MR) is 74.3 cm³/mol. The van der Waals surface area contributed by atoms with Crippen LogP contribution in [-0.4, -0.2) is 21.8 Å². The van der Waals surface area contributed by atoms with Crippen LogP contribution >= 0.6 is 23.2 Å². The monoisotopic (exact) mass is 291 g/mol. The van der Waals surface area contributed by atoms with Gasteiger partial charge in [-0.2, -0.15) is 0 Å². The lowest BCUT2D eigenvalue weighted by Gasteiger charge is -2.17. The second-order valence-corrected chi connectivity index (χ2v) is 7.06. The van der Waals surface area contributed by atoms with Gasteiger partial charge < -0.3 is 5.32 Å². The summed E-state index contributed by atoms with van der Waals surface area (Å²) in [4.78, 5) is 0. The molecule has 0 aromatic heterocycles. The quantitative estimate of drug-likeness (QED) is 0.861. The molecule has 1 saturated heterocycles. The molecular weight excluding hydrogens is 277 g/mol. The number of rotatable bonds is 1. The highest BCUT2D eigenvalue weighted by molar-refractivity contribution is 7.85. The van der Waals surface area contributed by atoms with E-state index in [-0.39, 0.29) is 11.3 Å². The van der Waals surface area contributed by atoms with E-state index >= 15 is 0 Å². The Bertz CT molecular complexity index is 439. The van der Waals surface area contributed by atoms with Gasteiger partial charge in [-0.25, -0.2) is 0 Å². The minimum Gasteiger partial charge on any atom is -0.309 e. The van der Waals surface area contributed by atoms with Crippen molar-refractivity contribution in [2.45, 2.75) is 24.6 Å². The van der Waals surface area contributed by atoms with Gasteiger partial charge in [0.2, 0.25) is 0 Å². The van der Waals surface area contributed by atoms with E-state index in [2.05, 4.69) is 5.32 Å². The minimum atomic E-state index is -0.812. The number of benzene rings is 1. The molecule has 0 aliphatic carbocycles. The number of nitrogens with one attached hydrogen (secondary N) is 1. The molecule has 1 aliphatic rings. The zero-order chi connectivity index (χ0) is 12.4. The van der Waals surface area contributed by atoms with E-state index in [4.69, 9.17) is 23.2 Å². The van der Waals surface area contributed by atoms with Crippen molar-refractivity contribution in [2.24, 2.45) is 0 Å². The van der Waals surface area contributed by atoms with Crippen LogP contribution in [0.3, 0.4) is 0 Å². The third-order valence-corrected chi connectivity index (χ3v) is 5.43. The number of halogens is 2. The summed E-state index contributed by atoms with van der Waals surface area (Å²) >= 11 is 12.1. The molecule has 1 heterocycles. The number of hydrogen-bond donors (Lipinski definition) is 1. The zero-order valence-corrected chi connectivity index (χ0v) is 11.9. The topological polar surface area (TPSA) is 29.1 Å². The van der Waals surface area contributed by atoms with Gasteiger partial charge in [0, 0.05) is 37.9 Å². The van der Waals surface area contributed by atoms with Crippen molar-refractivity contribution in [3.05, 3.63) is 33.8 Å². The Hall–Kier alpha value is -0.0900. The van der Waals surface area contributed by atoms with E-state index < -0.39 is 10.8 Å². The van der Waals surface area contributed by atoms with Crippen LogP contribution in [0.15, 0.2) is 18.2 Å². The van der Waals surface area contributed by atoms with Gasteiger partial charge in [0.1, 0.15) is 0 Å². The van der Waals surface area contributed by atoms with Gasteiger partial charge in [-0.1, -0.05) is 30.1 Å². The van der Waals surface area contributed by atoms with Crippen LogP contribution in [0, 0.1) is 0 Å². The first-order chi connectivity index (χ1) is 8.08. The molecule has 0 radical (unpaired) electrons. The summed E-state index contributed by atoms with van der Waals surface area (Å²) in [6, 6.07) is 5.45. The van der Waals surface area contributed by atoms with Gasteiger partial charge in [-0.05, 0) is 36.7 Å². The Morgan fingerprint density at radius 1 is 1.41 bits per heavy atom. The van der Waals surface area contributed by atoms with Crippen molar-refractivity contribution in [1.82, 2.24) is 5.32 Å². The second kappa shape index (κ2) is 5.70. The lowest BCUT2D eigenvalue weighted by atomic mass is 10.1. The Morgan fingerprint density at radius 2 is 2.18 bits per heavy atom. The van der Waals surface area contributed by atoms with Crippen LogP contribution in [0.5, 0.6) is 0 Å². The van der Waals surface area contributed by atoms with Crippen LogP contribution in [-0.2, 0) is 10.8 Å². The van der Waals surface area contributed by atoms with Crippen molar-refractivity contribution in [3.63, 3.8) is 0 Å². The molecule has 1 aliphatic heterocycles. The molecule has 0 spiro atoms. The van der Waals surface area contributed by atoms with E-state index in [0.29, 0.717) is 15.8 Å². The molecule has 2 rings (SSSR count). The normalized spacial score (nSPS) is 29.9. The molecule has 3 unspecified atom stereocenters. The summed E-state index contributed by atoms with van der Waals surface area (Å²) < 4.78 is 12.0. The van der Waals surface area contributed by atoms with E-state index in [9.17, 15) is 4.21 Å². The minimum absolute atomic E-state index is 0.0342. The average Bonchev–Trinajstić information content (AvgIpc) is 2.45. The summed E-state index contributed by atoms with van der Waals surface area (Å²) in [5.41, 5.74) is 0.946. The molecule has 1 fully saturated rings. The highest BCUT2D eigenvalue weighted by Crippen LogP contribution is 2.28. The van der Waals surface area contributed by atoms with Crippen molar-refractivity contribution in [2.75, 3.05) is 12.3 Å². The molecule has 5 heteroatoms. The van der Waals surface area contributed by atoms with Crippen molar-refractivity contribution in [1.29, 1.82) is 0 Å². The highest BCUT2D eigenvalue weighted by Gasteiger charge is 2.24. The Labute approximate surface area is 114 Å². The summed E-state index contributed by atoms with van der Waals surface area (Å²) in [6.45, 7) is 2.89. The highest BCUT2D eigenvalue weighted by atomic mass is 35.5. The predicted octanol–water partition coefficient (Wildman–Crippen LogP) is 3.17. The molecule has 0 amide bonds. The van der Waals surface area contributed by atoms with Gasteiger partial charge in [-0.15, -0.1) is 0 Å². The Morgan fingerprint density at radius 3 is 2.94 bits per heavy atom. The molecule has 3 atom stereocenters. The standard InChI is InChI=1S/C12H15Cl2NOS/c1-8-4-5-15-12(7-17(8)16)10-6-9(13)2-3-11(10)14/h2-3,6,8,12,15H,4-5,7H2,1H3. The molecular formula is C12H15Cl2NOS. The Balaban J connectivity index is 2.26. The number of hydrogen-bond acceptors (Lipinski definition) is 2. The van der Waals surface area contributed by atoms with E-state index in [0.717, 1.165) is 18.5 Å². The molecule has 1 N–H and O–H groups in total. The molecule has 17 heavy (non-hydrogen) atoms. The summed E-state index contributed by atoms with van der Waals surface area (Å²) in [7, 11) is -0.812. The summed E-state index contributed by atoms with van der Waals surface area (Å²) in [6.07, 6.45) is 0.932. The largest absolute Gasteiger partial charge is 0.309 e. The van der Waals surface area contributed by atoms with Gasteiger partial charge in [0.05, 0.1) is 0 Å². The van der Waals surface area contributed by atoms with Crippen molar-refractivity contribution in [3.8, 4) is 0 Å². The fourth-order valence-electron chi connectivity index (χ4n) is 1.96. The first-order valence-electron chi connectivity index (χ1n) is 5.63. The molecule has 2 nitrogen and oxygen atoms in total. The van der Waals surface area contributed by atoms with Gasteiger partial charge >= 0.3 is 0 Å². The van der Waals surface area contributed by atoms with Crippen LogP contribution in [0.1, 0.15) is 24.9 Å². The maximum atomic E-state index is 12.0. The fourth-order valence-corrected chi connectivity index (χ4v) is 3.73.